The molecule has 2 aromatic carbocycles. The Hall–Kier alpha value is -3.26. The number of benzene rings is 2. The molecule has 1 fully saturated rings. The molecule has 0 bridgehead atoms. The number of aliphatic hydroxyl groups excluding tert-OH is 1. The molecule has 2 aromatic heterocycles. The maximum atomic E-state index is 13.2. The van der Waals surface area contributed by atoms with E-state index in [2.05, 4.69) is 9.97 Å². The number of para-hydroxylation sites is 1. The molecule has 1 amide bonds. The highest BCUT2D eigenvalue weighted by molar-refractivity contribution is 7.22. The third-order valence-electron chi connectivity index (χ3n) is 5.13. The number of fused-ring (bicyclic) bond motifs is 1. The predicted octanol–water partition coefficient (Wildman–Crippen LogP) is 5.62. The molecule has 1 aliphatic rings. The van der Waals surface area contributed by atoms with Crippen molar-refractivity contribution in [3.63, 3.8) is 0 Å². The molecular weight excluding hydrogens is 469 g/mol. The minimum Gasteiger partial charge on any atom is -0.507 e. The van der Waals surface area contributed by atoms with E-state index in [-0.39, 0.29) is 11.3 Å². The first-order valence-corrected chi connectivity index (χ1v) is 11.0. The van der Waals surface area contributed by atoms with Crippen molar-refractivity contribution in [1.29, 1.82) is 0 Å². The number of anilines is 1. The minimum absolute atomic E-state index is 0.0457. The van der Waals surface area contributed by atoms with Crippen LogP contribution >= 0.6 is 34.5 Å². The molecule has 1 atom stereocenters. The van der Waals surface area contributed by atoms with E-state index in [1.54, 1.807) is 54.7 Å². The van der Waals surface area contributed by atoms with E-state index in [4.69, 9.17) is 23.2 Å². The number of hydrogen-bond donors (Lipinski definition) is 1. The maximum absolute atomic E-state index is 13.2. The van der Waals surface area contributed by atoms with Gasteiger partial charge in [-0.2, -0.15) is 0 Å². The lowest BCUT2D eigenvalue weighted by Gasteiger charge is -2.23. The van der Waals surface area contributed by atoms with Gasteiger partial charge in [0.05, 0.1) is 21.3 Å². The van der Waals surface area contributed by atoms with Crippen LogP contribution in [0.3, 0.4) is 0 Å². The van der Waals surface area contributed by atoms with Gasteiger partial charge in [0.25, 0.3) is 5.78 Å². The van der Waals surface area contributed by atoms with Crippen LogP contribution in [0.25, 0.3) is 16.0 Å². The van der Waals surface area contributed by atoms with E-state index in [9.17, 15) is 14.7 Å². The van der Waals surface area contributed by atoms with Crippen molar-refractivity contribution < 1.29 is 14.7 Å². The summed E-state index contributed by atoms with van der Waals surface area (Å²) in [5, 5.41) is 12.3. The van der Waals surface area contributed by atoms with Crippen LogP contribution in [-0.4, -0.2) is 26.8 Å². The SMILES string of the molecule is O=C1C(=O)N(c2nc3c(Cl)cccc3s2)C(c2ccc(Cl)cc2)/C1=C(\O)c1cccnc1. The van der Waals surface area contributed by atoms with Gasteiger partial charge in [-0.15, -0.1) is 0 Å². The van der Waals surface area contributed by atoms with Gasteiger partial charge in [0.2, 0.25) is 0 Å². The van der Waals surface area contributed by atoms with Gasteiger partial charge in [-0.3, -0.25) is 19.5 Å². The molecule has 3 heterocycles. The summed E-state index contributed by atoms with van der Waals surface area (Å²) >= 11 is 13.6. The highest BCUT2D eigenvalue weighted by Crippen LogP contribution is 2.45. The number of aliphatic hydroxyl groups is 1. The molecule has 0 spiro atoms. The largest absolute Gasteiger partial charge is 0.507 e. The van der Waals surface area contributed by atoms with E-state index in [0.717, 1.165) is 4.70 Å². The zero-order valence-electron chi connectivity index (χ0n) is 16.2. The smallest absolute Gasteiger partial charge is 0.301 e. The van der Waals surface area contributed by atoms with Crippen LogP contribution in [0.5, 0.6) is 0 Å². The molecule has 0 radical (unpaired) electrons. The molecular formula is C23H13Cl2N3O3S. The molecule has 1 aliphatic heterocycles. The number of thiazole rings is 1. The van der Waals surface area contributed by atoms with Crippen LogP contribution in [0.15, 0.2) is 72.6 Å². The average molecular weight is 482 g/mol. The first-order valence-electron chi connectivity index (χ1n) is 9.47. The zero-order chi connectivity index (χ0) is 22.4. The fraction of sp³-hybridized carbons (Fsp3) is 0.0435. The number of nitrogens with zero attached hydrogens (tertiary/aromatic N) is 3. The first kappa shape index (κ1) is 20.6. The van der Waals surface area contributed by atoms with Crippen molar-refractivity contribution in [3.05, 3.63) is 93.7 Å². The van der Waals surface area contributed by atoms with Gasteiger partial charge in [0.1, 0.15) is 11.3 Å². The number of carbonyl (C=O) groups is 2. The second-order valence-electron chi connectivity index (χ2n) is 7.05. The van der Waals surface area contributed by atoms with Crippen LogP contribution in [0.2, 0.25) is 10.0 Å². The molecule has 0 saturated carbocycles. The van der Waals surface area contributed by atoms with Gasteiger partial charge in [-0.05, 0) is 42.0 Å². The number of carbonyl (C=O) groups excluding carboxylic acids is 2. The number of hydrogen-bond acceptors (Lipinski definition) is 6. The van der Waals surface area contributed by atoms with E-state index >= 15 is 0 Å². The van der Waals surface area contributed by atoms with E-state index in [1.807, 2.05) is 6.07 Å². The number of aromatic nitrogens is 2. The van der Waals surface area contributed by atoms with Crippen molar-refractivity contribution in [2.45, 2.75) is 6.04 Å². The molecule has 0 aliphatic carbocycles. The number of halogens is 2. The average Bonchev–Trinajstić information content (AvgIpc) is 3.34. The Morgan fingerprint density at radius 1 is 1.03 bits per heavy atom. The summed E-state index contributed by atoms with van der Waals surface area (Å²) in [5.41, 5.74) is 1.43. The van der Waals surface area contributed by atoms with Crippen molar-refractivity contribution >= 4 is 67.3 Å². The Kier molecular flexibility index (Phi) is 5.17. The highest BCUT2D eigenvalue weighted by atomic mass is 35.5. The molecule has 5 rings (SSSR count). The summed E-state index contributed by atoms with van der Waals surface area (Å²) in [6, 6.07) is 14.4. The Labute approximate surface area is 196 Å². The molecule has 158 valence electrons. The van der Waals surface area contributed by atoms with Gasteiger partial charge in [0, 0.05) is 23.0 Å². The lowest BCUT2D eigenvalue weighted by Crippen LogP contribution is -2.29. The second kappa shape index (κ2) is 8.02. The van der Waals surface area contributed by atoms with E-state index < -0.39 is 17.7 Å². The minimum atomic E-state index is -0.896. The van der Waals surface area contributed by atoms with Crippen LogP contribution in [0.4, 0.5) is 5.13 Å². The quantitative estimate of drug-likeness (QED) is 0.233. The normalized spacial score (nSPS) is 17.9. The maximum Gasteiger partial charge on any atom is 0.301 e. The monoisotopic (exact) mass is 481 g/mol. The Bertz CT molecular complexity index is 1400. The first-order chi connectivity index (χ1) is 15.5. The van der Waals surface area contributed by atoms with Crippen LogP contribution in [-0.2, 0) is 9.59 Å². The summed E-state index contributed by atoms with van der Waals surface area (Å²) in [4.78, 5) is 36.2. The van der Waals surface area contributed by atoms with Gasteiger partial charge >= 0.3 is 5.91 Å². The number of Topliss-reactive ketones (excluding diaryl/α,β-unsaturated/α-hetero) is 1. The van der Waals surface area contributed by atoms with Crippen LogP contribution in [0.1, 0.15) is 17.2 Å². The van der Waals surface area contributed by atoms with Gasteiger partial charge in [-0.25, -0.2) is 4.98 Å². The van der Waals surface area contributed by atoms with Crippen molar-refractivity contribution in [2.75, 3.05) is 4.90 Å². The summed E-state index contributed by atoms with van der Waals surface area (Å²) in [5.74, 6) is -1.90. The number of amides is 1. The van der Waals surface area contributed by atoms with Crippen LogP contribution < -0.4 is 4.90 Å². The van der Waals surface area contributed by atoms with Gasteiger partial charge in [0.15, 0.2) is 5.13 Å². The predicted molar refractivity (Wildman–Crippen MR) is 125 cm³/mol. The summed E-state index contributed by atoms with van der Waals surface area (Å²) < 4.78 is 0.775. The molecule has 4 aromatic rings. The number of pyridine rings is 1. The standard InChI is InChI=1S/C23H13Cl2N3O3S/c24-14-8-6-12(7-9-14)19-17(20(29)13-3-2-10-26-11-13)21(30)22(31)28(19)23-27-18-15(25)4-1-5-16(18)32-23/h1-11,19,29H/b20-17+. The lowest BCUT2D eigenvalue weighted by molar-refractivity contribution is -0.132. The molecule has 9 heteroatoms. The molecule has 6 nitrogen and oxygen atoms in total. The fourth-order valence-corrected chi connectivity index (χ4v) is 5.07. The Morgan fingerprint density at radius 3 is 2.50 bits per heavy atom. The Morgan fingerprint density at radius 2 is 1.81 bits per heavy atom. The molecule has 32 heavy (non-hydrogen) atoms. The number of ketones is 1. The van der Waals surface area contributed by atoms with Crippen molar-refractivity contribution in [2.24, 2.45) is 0 Å². The second-order valence-corrected chi connectivity index (χ2v) is 8.90. The third kappa shape index (κ3) is 3.35. The van der Waals surface area contributed by atoms with E-state index in [0.29, 0.717) is 31.8 Å². The molecule has 1 saturated heterocycles. The fourth-order valence-electron chi connectivity index (χ4n) is 3.65. The molecule has 1 unspecified atom stereocenters. The van der Waals surface area contributed by atoms with E-state index in [1.165, 1.54) is 22.4 Å². The van der Waals surface area contributed by atoms with Crippen molar-refractivity contribution in [1.82, 2.24) is 9.97 Å². The summed E-state index contributed by atoms with van der Waals surface area (Å²) in [6.07, 6.45) is 2.98. The number of rotatable bonds is 3. The molecule has 1 N–H and O–H groups in total. The topological polar surface area (TPSA) is 83.4 Å². The van der Waals surface area contributed by atoms with Gasteiger partial charge < -0.3 is 5.11 Å². The summed E-state index contributed by atoms with van der Waals surface area (Å²) in [6.45, 7) is 0. The lowest BCUT2D eigenvalue weighted by atomic mass is 9.96. The van der Waals surface area contributed by atoms with Crippen LogP contribution in [0, 0.1) is 0 Å². The highest BCUT2D eigenvalue weighted by Gasteiger charge is 2.48. The third-order valence-corrected chi connectivity index (χ3v) is 6.71. The summed E-state index contributed by atoms with van der Waals surface area (Å²) in [7, 11) is 0. The zero-order valence-corrected chi connectivity index (χ0v) is 18.5. The Balaban J connectivity index is 1.75. The van der Waals surface area contributed by atoms with Gasteiger partial charge in [-0.1, -0.05) is 52.7 Å². The van der Waals surface area contributed by atoms with Crippen molar-refractivity contribution in [3.8, 4) is 0 Å².